The fourth-order valence-corrected chi connectivity index (χ4v) is 4.14. The van der Waals surface area contributed by atoms with Crippen molar-refractivity contribution in [3.05, 3.63) is 108 Å². The number of benzene rings is 3. The number of carbonyl (C=O) groups is 2. The Morgan fingerprint density at radius 2 is 1.36 bits per heavy atom. The van der Waals surface area contributed by atoms with Crippen LogP contribution in [0.2, 0.25) is 0 Å². The molecule has 0 spiro atoms. The lowest BCUT2D eigenvalue weighted by molar-refractivity contribution is -0.0290. The normalized spacial score (nSPS) is 17.1. The van der Waals surface area contributed by atoms with E-state index in [-0.39, 0.29) is 31.9 Å². The first-order chi connectivity index (χ1) is 17.7. The van der Waals surface area contributed by atoms with Gasteiger partial charge in [-0.1, -0.05) is 91.0 Å². The fraction of sp³-hybridized carbons (Fsp3) is 0.310. The second-order valence-corrected chi connectivity index (χ2v) is 8.77. The second kappa shape index (κ2) is 13.3. The molecule has 1 N–H and O–H groups in total. The van der Waals surface area contributed by atoms with Crippen LogP contribution in [0.5, 0.6) is 0 Å². The maximum absolute atomic E-state index is 13.1. The lowest BCUT2D eigenvalue weighted by Crippen LogP contribution is -2.52. The van der Waals surface area contributed by atoms with Gasteiger partial charge in [0.25, 0.3) is 0 Å². The number of hydrogen-bond donors (Lipinski definition) is 1. The molecule has 0 bridgehead atoms. The molecule has 2 unspecified atom stereocenters. The van der Waals surface area contributed by atoms with Crippen molar-refractivity contribution in [2.45, 2.75) is 44.7 Å². The van der Waals surface area contributed by atoms with E-state index in [0.717, 1.165) is 29.5 Å². The fourth-order valence-electron chi connectivity index (χ4n) is 4.14. The summed E-state index contributed by atoms with van der Waals surface area (Å²) >= 11 is 0. The van der Waals surface area contributed by atoms with Crippen LogP contribution >= 0.6 is 0 Å². The third-order valence-electron chi connectivity index (χ3n) is 6.04. The molecule has 2 amide bonds. The molecule has 188 valence electrons. The van der Waals surface area contributed by atoms with Crippen LogP contribution in [0.3, 0.4) is 0 Å². The Morgan fingerprint density at radius 1 is 0.806 bits per heavy atom. The Morgan fingerprint density at radius 3 is 1.97 bits per heavy atom. The highest BCUT2D eigenvalue weighted by atomic mass is 16.6. The molecule has 0 aromatic heterocycles. The van der Waals surface area contributed by atoms with Crippen molar-refractivity contribution in [2.75, 3.05) is 13.2 Å². The molecule has 1 fully saturated rings. The van der Waals surface area contributed by atoms with Gasteiger partial charge in [0.2, 0.25) is 0 Å². The summed E-state index contributed by atoms with van der Waals surface area (Å²) < 4.78 is 17.0. The summed E-state index contributed by atoms with van der Waals surface area (Å²) in [5.41, 5.74) is 2.82. The summed E-state index contributed by atoms with van der Waals surface area (Å²) in [5, 5.41) is 2.94. The standard InChI is InChI=1S/C29H32N2O5/c32-28(35-21-24-13-6-2-7-14-24)30-26-17-10-18-34-27(26)20-31(19-23-11-4-1-5-12-23)29(33)36-22-25-15-8-3-9-16-25/h1-9,11-16,26-27H,10,17-22H2,(H,30,32). The molecule has 0 aliphatic carbocycles. The minimum absolute atomic E-state index is 0.185. The first-order valence-corrected chi connectivity index (χ1v) is 12.3. The van der Waals surface area contributed by atoms with E-state index >= 15 is 0 Å². The molecule has 3 aromatic rings. The SMILES string of the molecule is O=C(NC1CCCOC1CN(Cc1ccccc1)C(=O)OCc1ccccc1)OCc1ccccc1. The van der Waals surface area contributed by atoms with Gasteiger partial charge in [-0.3, -0.25) is 0 Å². The first kappa shape index (κ1) is 25.3. The summed E-state index contributed by atoms with van der Waals surface area (Å²) in [4.78, 5) is 27.3. The number of rotatable bonds is 9. The maximum Gasteiger partial charge on any atom is 0.410 e. The number of hydrogen-bond acceptors (Lipinski definition) is 5. The molecule has 4 rings (SSSR count). The highest BCUT2D eigenvalue weighted by Crippen LogP contribution is 2.18. The third-order valence-corrected chi connectivity index (χ3v) is 6.04. The molecule has 2 atom stereocenters. The zero-order chi connectivity index (χ0) is 25.0. The number of nitrogens with zero attached hydrogens (tertiary/aromatic N) is 1. The predicted octanol–water partition coefficient (Wildman–Crippen LogP) is 5.30. The van der Waals surface area contributed by atoms with E-state index in [1.54, 1.807) is 4.90 Å². The van der Waals surface area contributed by atoms with Gasteiger partial charge in [-0.15, -0.1) is 0 Å². The van der Waals surface area contributed by atoms with Gasteiger partial charge in [0.1, 0.15) is 13.2 Å². The van der Waals surface area contributed by atoms with E-state index < -0.39 is 12.2 Å². The lowest BCUT2D eigenvalue weighted by atomic mass is 10.0. The topological polar surface area (TPSA) is 77.1 Å². The maximum atomic E-state index is 13.1. The number of ether oxygens (including phenoxy) is 3. The second-order valence-electron chi connectivity index (χ2n) is 8.77. The molecule has 1 aliphatic rings. The molecular formula is C29H32N2O5. The molecule has 36 heavy (non-hydrogen) atoms. The van der Waals surface area contributed by atoms with Crippen molar-refractivity contribution in [1.29, 1.82) is 0 Å². The van der Waals surface area contributed by atoms with Gasteiger partial charge >= 0.3 is 12.2 Å². The Kier molecular flexibility index (Phi) is 9.33. The van der Waals surface area contributed by atoms with Gasteiger partial charge < -0.3 is 24.4 Å². The van der Waals surface area contributed by atoms with Crippen LogP contribution in [-0.2, 0) is 34.0 Å². The van der Waals surface area contributed by atoms with Crippen molar-refractivity contribution in [1.82, 2.24) is 10.2 Å². The zero-order valence-corrected chi connectivity index (χ0v) is 20.3. The predicted molar refractivity (Wildman–Crippen MR) is 136 cm³/mol. The summed E-state index contributed by atoms with van der Waals surface area (Å²) in [7, 11) is 0. The Labute approximate surface area is 212 Å². The molecule has 7 nitrogen and oxygen atoms in total. The van der Waals surface area contributed by atoms with Crippen LogP contribution in [0.25, 0.3) is 0 Å². The van der Waals surface area contributed by atoms with Gasteiger partial charge in [-0.25, -0.2) is 9.59 Å². The molecule has 7 heteroatoms. The van der Waals surface area contributed by atoms with Gasteiger partial charge in [0.15, 0.2) is 0 Å². The molecule has 0 radical (unpaired) electrons. The first-order valence-electron chi connectivity index (χ1n) is 12.3. The largest absolute Gasteiger partial charge is 0.445 e. The van der Waals surface area contributed by atoms with Crippen LogP contribution < -0.4 is 5.32 Å². The van der Waals surface area contributed by atoms with Crippen molar-refractivity contribution in [3.8, 4) is 0 Å². The van der Waals surface area contributed by atoms with Crippen LogP contribution in [0.4, 0.5) is 9.59 Å². The van der Waals surface area contributed by atoms with Crippen molar-refractivity contribution < 1.29 is 23.8 Å². The Balaban J connectivity index is 1.38. The molecule has 3 aromatic carbocycles. The van der Waals surface area contributed by atoms with E-state index in [1.165, 1.54) is 0 Å². The minimum atomic E-state index is -0.499. The summed E-state index contributed by atoms with van der Waals surface area (Å²) in [5.74, 6) is 0. The van der Waals surface area contributed by atoms with E-state index in [4.69, 9.17) is 14.2 Å². The Bertz CT molecular complexity index is 1080. The highest BCUT2D eigenvalue weighted by molar-refractivity contribution is 5.68. The summed E-state index contributed by atoms with van der Waals surface area (Å²) in [6.45, 7) is 1.60. The average Bonchev–Trinajstić information content (AvgIpc) is 2.93. The van der Waals surface area contributed by atoms with Crippen molar-refractivity contribution in [2.24, 2.45) is 0 Å². The smallest absolute Gasteiger partial charge is 0.410 e. The van der Waals surface area contributed by atoms with E-state index in [9.17, 15) is 9.59 Å². The number of amides is 2. The van der Waals surface area contributed by atoms with Crippen LogP contribution in [0, 0.1) is 0 Å². The number of carbonyl (C=O) groups excluding carboxylic acids is 2. The highest BCUT2D eigenvalue weighted by Gasteiger charge is 2.31. The quantitative estimate of drug-likeness (QED) is 0.442. The average molecular weight is 489 g/mol. The lowest BCUT2D eigenvalue weighted by Gasteiger charge is -2.35. The molecular weight excluding hydrogens is 456 g/mol. The van der Waals surface area contributed by atoms with E-state index in [1.807, 2.05) is 91.0 Å². The summed E-state index contributed by atoms with van der Waals surface area (Å²) in [6, 6.07) is 28.6. The minimum Gasteiger partial charge on any atom is -0.445 e. The van der Waals surface area contributed by atoms with Gasteiger partial charge in [-0.05, 0) is 29.5 Å². The molecule has 0 saturated carbocycles. The van der Waals surface area contributed by atoms with Crippen LogP contribution in [0.1, 0.15) is 29.5 Å². The third kappa shape index (κ3) is 7.85. The van der Waals surface area contributed by atoms with Crippen molar-refractivity contribution >= 4 is 12.2 Å². The Hall–Kier alpha value is -3.84. The molecule has 1 saturated heterocycles. The van der Waals surface area contributed by atoms with Gasteiger partial charge in [0.05, 0.1) is 18.7 Å². The van der Waals surface area contributed by atoms with E-state index in [2.05, 4.69) is 5.32 Å². The zero-order valence-electron chi connectivity index (χ0n) is 20.3. The number of nitrogens with one attached hydrogen (secondary N) is 1. The summed E-state index contributed by atoms with van der Waals surface area (Å²) in [6.07, 6.45) is 0.250. The monoisotopic (exact) mass is 488 g/mol. The van der Waals surface area contributed by atoms with Gasteiger partial charge in [-0.2, -0.15) is 0 Å². The van der Waals surface area contributed by atoms with Crippen molar-refractivity contribution in [3.63, 3.8) is 0 Å². The van der Waals surface area contributed by atoms with Gasteiger partial charge in [0, 0.05) is 13.2 Å². The van der Waals surface area contributed by atoms with Crippen LogP contribution in [-0.4, -0.2) is 42.4 Å². The number of alkyl carbamates (subject to hydrolysis) is 1. The van der Waals surface area contributed by atoms with Crippen LogP contribution in [0.15, 0.2) is 91.0 Å². The molecule has 1 heterocycles. The van der Waals surface area contributed by atoms with E-state index in [0.29, 0.717) is 13.2 Å². The molecule has 1 aliphatic heterocycles.